The van der Waals surface area contributed by atoms with E-state index in [4.69, 9.17) is 5.73 Å². The monoisotopic (exact) mass is 153 g/mol. The molecular weight excluding hydrogens is 134 g/mol. The van der Waals surface area contributed by atoms with Gasteiger partial charge in [0.2, 0.25) is 0 Å². The van der Waals surface area contributed by atoms with Crippen molar-refractivity contribution < 1.29 is 0 Å². The maximum absolute atomic E-state index is 5.56. The third-order valence-electron chi connectivity index (χ3n) is 3.69. The molecule has 0 saturated heterocycles. The SMILES string of the molecule is C=C(CN)C1C(C)(C)C1(C)C. The summed E-state index contributed by atoms with van der Waals surface area (Å²) in [5.41, 5.74) is 7.58. The van der Waals surface area contributed by atoms with Crippen LogP contribution in [0.2, 0.25) is 0 Å². The Bertz CT molecular complexity index is 175. The minimum Gasteiger partial charge on any atom is -0.327 e. The molecule has 0 heterocycles. The molecule has 1 aliphatic rings. The Kier molecular flexibility index (Phi) is 1.68. The molecule has 1 nitrogen and oxygen atoms in total. The van der Waals surface area contributed by atoms with Crippen LogP contribution in [0, 0.1) is 16.7 Å². The second-order valence-corrected chi connectivity index (χ2v) is 4.74. The van der Waals surface area contributed by atoms with Crippen molar-refractivity contribution in [2.24, 2.45) is 22.5 Å². The number of rotatable bonds is 2. The van der Waals surface area contributed by atoms with Crippen LogP contribution in [0.15, 0.2) is 12.2 Å². The van der Waals surface area contributed by atoms with E-state index in [9.17, 15) is 0 Å². The van der Waals surface area contributed by atoms with Crippen LogP contribution >= 0.6 is 0 Å². The quantitative estimate of drug-likeness (QED) is 0.605. The average Bonchev–Trinajstić information content (AvgIpc) is 2.24. The molecular formula is C10H19N. The Morgan fingerprint density at radius 2 is 1.64 bits per heavy atom. The summed E-state index contributed by atoms with van der Waals surface area (Å²) < 4.78 is 0. The number of hydrogen-bond donors (Lipinski definition) is 1. The molecule has 1 heteroatoms. The highest BCUT2D eigenvalue weighted by Gasteiger charge is 2.64. The fraction of sp³-hybridized carbons (Fsp3) is 0.800. The van der Waals surface area contributed by atoms with Crippen molar-refractivity contribution in [3.8, 4) is 0 Å². The minimum absolute atomic E-state index is 0.406. The standard InChI is InChI=1S/C10H19N/c1-7(6-11)8-9(2,3)10(8,4)5/h8H,1,6,11H2,2-5H3. The van der Waals surface area contributed by atoms with Crippen LogP contribution in [0.5, 0.6) is 0 Å². The summed E-state index contributed by atoms with van der Waals surface area (Å²) in [5, 5.41) is 0. The van der Waals surface area contributed by atoms with E-state index in [2.05, 4.69) is 34.3 Å². The Balaban J connectivity index is 2.75. The molecule has 0 aromatic carbocycles. The lowest BCUT2D eigenvalue weighted by molar-refractivity contribution is 0.457. The van der Waals surface area contributed by atoms with E-state index < -0.39 is 0 Å². The van der Waals surface area contributed by atoms with Gasteiger partial charge in [-0.2, -0.15) is 0 Å². The summed E-state index contributed by atoms with van der Waals surface area (Å²) in [6.45, 7) is 13.8. The highest BCUT2D eigenvalue weighted by molar-refractivity contribution is 5.26. The molecule has 1 rings (SSSR count). The van der Waals surface area contributed by atoms with Crippen molar-refractivity contribution in [3.05, 3.63) is 12.2 Å². The molecule has 0 aliphatic heterocycles. The van der Waals surface area contributed by atoms with E-state index in [1.54, 1.807) is 0 Å². The molecule has 2 N–H and O–H groups in total. The first-order valence-corrected chi connectivity index (χ1v) is 4.23. The lowest BCUT2D eigenvalue weighted by atomic mass is 10.0. The van der Waals surface area contributed by atoms with Gasteiger partial charge in [-0.25, -0.2) is 0 Å². The summed E-state index contributed by atoms with van der Waals surface area (Å²) in [4.78, 5) is 0. The molecule has 0 aromatic rings. The topological polar surface area (TPSA) is 26.0 Å². The second-order valence-electron chi connectivity index (χ2n) is 4.74. The first kappa shape index (κ1) is 8.79. The van der Waals surface area contributed by atoms with Gasteiger partial charge in [0.05, 0.1) is 0 Å². The Labute approximate surface area is 69.7 Å². The Hall–Kier alpha value is -0.300. The van der Waals surface area contributed by atoms with Crippen molar-refractivity contribution >= 4 is 0 Å². The number of nitrogens with two attached hydrogens (primary N) is 1. The van der Waals surface area contributed by atoms with Gasteiger partial charge in [0, 0.05) is 6.54 Å². The van der Waals surface area contributed by atoms with Gasteiger partial charge in [-0.1, -0.05) is 39.8 Å². The Morgan fingerprint density at radius 3 is 1.73 bits per heavy atom. The molecule has 0 aromatic heterocycles. The van der Waals surface area contributed by atoms with Crippen LogP contribution in [0.3, 0.4) is 0 Å². The van der Waals surface area contributed by atoms with Crippen molar-refractivity contribution in [2.75, 3.05) is 6.54 Å². The largest absolute Gasteiger partial charge is 0.327 e. The normalized spacial score (nSPS) is 26.6. The predicted octanol–water partition coefficient (Wildman–Crippen LogP) is 2.18. The number of hydrogen-bond acceptors (Lipinski definition) is 1. The van der Waals surface area contributed by atoms with Crippen molar-refractivity contribution in [3.63, 3.8) is 0 Å². The lowest BCUT2D eigenvalue weighted by Gasteiger charge is -2.03. The van der Waals surface area contributed by atoms with Crippen LogP contribution in [0.25, 0.3) is 0 Å². The zero-order chi connectivity index (χ0) is 8.86. The van der Waals surface area contributed by atoms with Gasteiger partial charge in [0.15, 0.2) is 0 Å². The summed E-state index contributed by atoms with van der Waals surface area (Å²) in [6.07, 6.45) is 0. The van der Waals surface area contributed by atoms with Crippen LogP contribution in [-0.2, 0) is 0 Å². The average molecular weight is 153 g/mol. The van der Waals surface area contributed by atoms with Crippen molar-refractivity contribution in [1.29, 1.82) is 0 Å². The zero-order valence-electron chi connectivity index (χ0n) is 8.07. The van der Waals surface area contributed by atoms with E-state index >= 15 is 0 Å². The Morgan fingerprint density at radius 1 is 1.27 bits per heavy atom. The second kappa shape index (κ2) is 2.10. The van der Waals surface area contributed by atoms with Crippen LogP contribution in [0.4, 0.5) is 0 Å². The van der Waals surface area contributed by atoms with Crippen LogP contribution < -0.4 is 5.73 Å². The van der Waals surface area contributed by atoms with E-state index in [1.165, 1.54) is 5.57 Å². The van der Waals surface area contributed by atoms with E-state index in [0.29, 0.717) is 23.3 Å². The molecule has 0 atom stereocenters. The fourth-order valence-corrected chi connectivity index (χ4v) is 2.33. The molecule has 0 spiro atoms. The third kappa shape index (κ3) is 0.943. The van der Waals surface area contributed by atoms with Gasteiger partial charge >= 0.3 is 0 Å². The molecule has 0 amide bonds. The van der Waals surface area contributed by atoms with Crippen LogP contribution in [0.1, 0.15) is 27.7 Å². The summed E-state index contributed by atoms with van der Waals surface area (Å²) in [6, 6.07) is 0. The summed E-state index contributed by atoms with van der Waals surface area (Å²) in [7, 11) is 0. The maximum atomic E-state index is 5.56. The maximum Gasteiger partial charge on any atom is 0.0137 e. The van der Waals surface area contributed by atoms with Gasteiger partial charge in [0.1, 0.15) is 0 Å². The summed E-state index contributed by atoms with van der Waals surface area (Å²) in [5.74, 6) is 0.625. The van der Waals surface area contributed by atoms with Gasteiger partial charge in [-0.05, 0) is 16.7 Å². The molecule has 11 heavy (non-hydrogen) atoms. The fourth-order valence-electron chi connectivity index (χ4n) is 2.33. The van der Waals surface area contributed by atoms with Crippen molar-refractivity contribution in [2.45, 2.75) is 27.7 Å². The third-order valence-corrected chi connectivity index (χ3v) is 3.69. The first-order chi connectivity index (χ1) is 4.85. The highest BCUT2D eigenvalue weighted by Crippen LogP contribution is 2.70. The van der Waals surface area contributed by atoms with Crippen LogP contribution in [-0.4, -0.2) is 6.54 Å². The van der Waals surface area contributed by atoms with E-state index in [-0.39, 0.29) is 0 Å². The molecule has 0 radical (unpaired) electrons. The molecule has 64 valence electrons. The highest BCUT2D eigenvalue weighted by atomic mass is 14.7. The lowest BCUT2D eigenvalue weighted by Crippen LogP contribution is -2.06. The van der Waals surface area contributed by atoms with Gasteiger partial charge < -0.3 is 5.73 Å². The zero-order valence-corrected chi connectivity index (χ0v) is 8.07. The van der Waals surface area contributed by atoms with Gasteiger partial charge in [0.25, 0.3) is 0 Å². The summed E-state index contributed by atoms with van der Waals surface area (Å²) >= 11 is 0. The molecule has 0 unspecified atom stereocenters. The molecule has 1 aliphatic carbocycles. The first-order valence-electron chi connectivity index (χ1n) is 4.23. The predicted molar refractivity (Wildman–Crippen MR) is 49.2 cm³/mol. The van der Waals surface area contributed by atoms with Gasteiger partial charge in [-0.3, -0.25) is 0 Å². The van der Waals surface area contributed by atoms with E-state index in [0.717, 1.165) is 0 Å². The van der Waals surface area contributed by atoms with Crippen molar-refractivity contribution in [1.82, 2.24) is 0 Å². The van der Waals surface area contributed by atoms with Gasteiger partial charge in [-0.15, -0.1) is 0 Å². The minimum atomic E-state index is 0.406. The van der Waals surface area contributed by atoms with E-state index in [1.807, 2.05) is 0 Å². The smallest absolute Gasteiger partial charge is 0.0137 e. The molecule has 1 fully saturated rings. The molecule has 1 saturated carbocycles. The molecule has 0 bridgehead atoms.